The van der Waals surface area contributed by atoms with E-state index >= 15 is 0 Å². The van der Waals surface area contributed by atoms with E-state index in [0.29, 0.717) is 15.7 Å². The Bertz CT molecular complexity index is 490. The molecule has 5 heteroatoms. The van der Waals surface area contributed by atoms with E-state index in [2.05, 4.69) is 6.58 Å². The van der Waals surface area contributed by atoms with Gasteiger partial charge in [-0.25, -0.2) is 4.90 Å². The molecule has 0 atom stereocenters. The molecule has 0 unspecified atom stereocenters. The third-order valence-corrected chi connectivity index (χ3v) is 2.66. The maximum absolute atomic E-state index is 11.7. The molecule has 82 valence electrons. The topological polar surface area (TPSA) is 37.4 Å². The van der Waals surface area contributed by atoms with Crippen molar-refractivity contribution in [3.8, 4) is 0 Å². The van der Waals surface area contributed by atoms with Crippen molar-refractivity contribution in [3.05, 3.63) is 40.4 Å². The van der Waals surface area contributed by atoms with Crippen LogP contribution in [0.25, 0.3) is 0 Å². The first-order valence-corrected chi connectivity index (χ1v) is 5.26. The maximum Gasteiger partial charge on any atom is 0.260 e. The molecule has 0 radical (unpaired) electrons. The van der Waals surface area contributed by atoms with Gasteiger partial charge in [0, 0.05) is 15.6 Å². The first-order chi connectivity index (χ1) is 7.49. The third kappa shape index (κ3) is 1.84. The molecule has 0 saturated carbocycles. The van der Waals surface area contributed by atoms with Crippen LogP contribution in [0.3, 0.4) is 0 Å². The third-order valence-electron chi connectivity index (χ3n) is 2.23. The molecule has 1 heterocycles. The lowest BCUT2D eigenvalue weighted by Gasteiger charge is -2.14. The van der Waals surface area contributed by atoms with Gasteiger partial charge in [0.25, 0.3) is 5.91 Å². The summed E-state index contributed by atoms with van der Waals surface area (Å²) >= 11 is 11.6. The Balaban J connectivity index is 2.48. The number of carbonyl (C=O) groups excluding carboxylic acids is 2. The van der Waals surface area contributed by atoms with Crippen LogP contribution in [0.4, 0.5) is 5.69 Å². The number of benzene rings is 1. The summed E-state index contributed by atoms with van der Waals surface area (Å²) in [6, 6.07) is 4.57. The van der Waals surface area contributed by atoms with Gasteiger partial charge >= 0.3 is 0 Å². The molecular weight excluding hydrogens is 249 g/mol. The van der Waals surface area contributed by atoms with Gasteiger partial charge in [-0.1, -0.05) is 29.8 Å². The summed E-state index contributed by atoms with van der Waals surface area (Å²) < 4.78 is 0. The summed E-state index contributed by atoms with van der Waals surface area (Å²) in [6.45, 7) is 3.53. The van der Waals surface area contributed by atoms with Gasteiger partial charge in [-0.3, -0.25) is 9.59 Å². The van der Waals surface area contributed by atoms with Crippen molar-refractivity contribution in [2.75, 3.05) is 4.90 Å². The molecule has 16 heavy (non-hydrogen) atoms. The highest BCUT2D eigenvalue weighted by atomic mass is 35.5. The van der Waals surface area contributed by atoms with Crippen molar-refractivity contribution < 1.29 is 9.59 Å². The fourth-order valence-corrected chi connectivity index (χ4v) is 2.05. The van der Waals surface area contributed by atoms with Crippen molar-refractivity contribution in [3.63, 3.8) is 0 Å². The van der Waals surface area contributed by atoms with Crippen LogP contribution in [0.15, 0.2) is 30.4 Å². The highest BCUT2D eigenvalue weighted by Crippen LogP contribution is 2.30. The average Bonchev–Trinajstić information content (AvgIpc) is 2.39. The zero-order valence-electron chi connectivity index (χ0n) is 8.17. The van der Waals surface area contributed by atoms with Gasteiger partial charge in [-0.05, 0) is 18.2 Å². The molecule has 0 bridgehead atoms. The second-order valence-corrected chi connectivity index (χ2v) is 4.32. The first-order valence-electron chi connectivity index (χ1n) is 4.50. The summed E-state index contributed by atoms with van der Waals surface area (Å²) in [5.74, 6) is -0.711. The Morgan fingerprint density at radius 3 is 2.12 bits per heavy atom. The minimum atomic E-state index is -0.400. The zero-order chi connectivity index (χ0) is 11.9. The molecule has 1 aromatic rings. The van der Waals surface area contributed by atoms with E-state index in [-0.39, 0.29) is 17.9 Å². The lowest BCUT2D eigenvalue weighted by molar-refractivity contribution is -0.120. The molecule has 1 aliphatic heterocycles. The van der Waals surface area contributed by atoms with Gasteiger partial charge in [0.2, 0.25) is 5.91 Å². The molecule has 1 aromatic carbocycles. The second-order valence-electron chi connectivity index (χ2n) is 3.44. The Morgan fingerprint density at radius 1 is 1.12 bits per heavy atom. The Kier molecular flexibility index (Phi) is 2.74. The number of imide groups is 1. The molecule has 0 aliphatic carbocycles. The number of hydrogen-bond acceptors (Lipinski definition) is 2. The molecule has 1 saturated heterocycles. The van der Waals surface area contributed by atoms with Gasteiger partial charge in [-0.15, -0.1) is 0 Å². The predicted octanol–water partition coefficient (Wildman–Crippen LogP) is 2.81. The summed E-state index contributed by atoms with van der Waals surface area (Å²) in [5.41, 5.74) is 0.659. The average molecular weight is 256 g/mol. The zero-order valence-corrected chi connectivity index (χ0v) is 9.68. The highest BCUT2D eigenvalue weighted by Gasteiger charge is 2.33. The molecule has 2 rings (SSSR count). The maximum atomic E-state index is 11.7. The highest BCUT2D eigenvalue weighted by molar-refractivity contribution is 6.36. The van der Waals surface area contributed by atoms with Crippen LogP contribution >= 0.6 is 23.2 Å². The molecule has 1 fully saturated rings. The van der Waals surface area contributed by atoms with Crippen LogP contribution in [0, 0.1) is 0 Å². The van der Waals surface area contributed by atoms with E-state index in [9.17, 15) is 9.59 Å². The van der Waals surface area contributed by atoms with Crippen molar-refractivity contribution in [1.29, 1.82) is 0 Å². The van der Waals surface area contributed by atoms with Gasteiger partial charge in [-0.2, -0.15) is 0 Å². The monoisotopic (exact) mass is 255 g/mol. The number of hydrogen-bond donors (Lipinski definition) is 0. The number of carbonyl (C=O) groups is 2. The molecular formula is C11H7Cl2NO2. The van der Waals surface area contributed by atoms with E-state index in [1.807, 2.05) is 0 Å². The molecule has 0 aromatic heterocycles. The normalized spacial score (nSPS) is 16.1. The number of rotatable bonds is 1. The van der Waals surface area contributed by atoms with E-state index in [0.717, 1.165) is 4.90 Å². The largest absolute Gasteiger partial charge is 0.274 e. The number of amides is 2. The van der Waals surface area contributed by atoms with Gasteiger partial charge < -0.3 is 0 Å². The van der Waals surface area contributed by atoms with Crippen LogP contribution < -0.4 is 4.90 Å². The Morgan fingerprint density at radius 2 is 1.69 bits per heavy atom. The lowest BCUT2D eigenvalue weighted by atomic mass is 10.3. The van der Waals surface area contributed by atoms with Crippen LogP contribution in [-0.4, -0.2) is 11.8 Å². The van der Waals surface area contributed by atoms with Crippen LogP contribution in [0.5, 0.6) is 0 Å². The van der Waals surface area contributed by atoms with E-state index in [1.54, 1.807) is 0 Å². The van der Waals surface area contributed by atoms with E-state index in [4.69, 9.17) is 23.2 Å². The second kappa shape index (κ2) is 3.92. The van der Waals surface area contributed by atoms with Crippen LogP contribution in [0.1, 0.15) is 6.42 Å². The number of halogens is 2. The minimum Gasteiger partial charge on any atom is -0.274 e. The first kappa shape index (κ1) is 11.2. The minimum absolute atomic E-state index is 0.0446. The molecule has 3 nitrogen and oxygen atoms in total. The molecule has 1 aliphatic rings. The van der Waals surface area contributed by atoms with Crippen LogP contribution in [-0.2, 0) is 9.59 Å². The summed E-state index contributed by atoms with van der Waals surface area (Å²) in [7, 11) is 0. The standard InChI is InChI=1S/C11H7Cl2NO2/c1-6-2-10(15)14(11(6)16)9-4-7(12)3-8(13)5-9/h3-5H,1-2H2. The molecule has 0 spiro atoms. The molecule has 2 amide bonds. The summed E-state index contributed by atoms with van der Waals surface area (Å²) in [6.07, 6.45) is 0.0446. The quantitative estimate of drug-likeness (QED) is 0.572. The van der Waals surface area contributed by atoms with E-state index < -0.39 is 5.91 Å². The summed E-state index contributed by atoms with van der Waals surface area (Å²) in [5, 5.41) is 0.751. The number of anilines is 1. The van der Waals surface area contributed by atoms with Crippen molar-refractivity contribution >= 4 is 40.7 Å². The number of nitrogens with zero attached hydrogens (tertiary/aromatic N) is 1. The SMILES string of the molecule is C=C1CC(=O)N(c2cc(Cl)cc(Cl)c2)C1=O. The van der Waals surface area contributed by atoms with Gasteiger partial charge in [0.15, 0.2) is 0 Å². The smallest absolute Gasteiger partial charge is 0.260 e. The van der Waals surface area contributed by atoms with Crippen LogP contribution in [0.2, 0.25) is 10.0 Å². The van der Waals surface area contributed by atoms with Crippen molar-refractivity contribution in [2.45, 2.75) is 6.42 Å². The fourth-order valence-electron chi connectivity index (χ4n) is 1.54. The van der Waals surface area contributed by atoms with E-state index in [1.165, 1.54) is 18.2 Å². The fraction of sp³-hybridized carbons (Fsp3) is 0.0909. The van der Waals surface area contributed by atoms with Crippen molar-refractivity contribution in [2.24, 2.45) is 0 Å². The lowest BCUT2D eigenvalue weighted by Crippen LogP contribution is -2.28. The predicted molar refractivity (Wildman–Crippen MR) is 62.7 cm³/mol. The van der Waals surface area contributed by atoms with Crippen molar-refractivity contribution in [1.82, 2.24) is 0 Å². The van der Waals surface area contributed by atoms with Gasteiger partial charge in [0.05, 0.1) is 12.1 Å². The Hall–Kier alpha value is -1.32. The van der Waals surface area contributed by atoms with Gasteiger partial charge in [0.1, 0.15) is 0 Å². The summed E-state index contributed by atoms with van der Waals surface area (Å²) in [4.78, 5) is 24.3. The molecule has 0 N–H and O–H groups in total. The Labute approximate surface area is 102 Å².